The van der Waals surface area contributed by atoms with Crippen molar-refractivity contribution in [3.8, 4) is 16.9 Å². The van der Waals surface area contributed by atoms with E-state index in [1.807, 2.05) is 0 Å². The first kappa shape index (κ1) is 40.0. The van der Waals surface area contributed by atoms with Crippen molar-refractivity contribution in [3.63, 3.8) is 0 Å². The molecule has 2 fully saturated rings. The number of benzene rings is 2. The standard InChI is InChI=1S/C34H35ClF8N10O2/c1-17(33(38,39)40)28(54)45-14-25(19-6-11-22(35)24(12-19)52-27(26(36)37)46-16-48-52)51-29(55)32(49-30(51)44,15-31(2,3)34(41,42)43)20-7-4-18(5-8-20)23-13-47-53(50-23)21-9-10-21/h4-8,11-13,16-17,21,25-26,30,49H,9-10,14-15,44H2,1-3H3,(H,45,54)/t17-,25-,30?,32-/m1/s1. The van der Waals surface area contributed by atoms with Gasteiger partial charge in [0.05, 0.1) is 34.4 Å². The molecule has 1 unspecified atom stereocenters. The van der Waals surface area contributed by atoms with Crippen molar-refractivity contribution in [3.05, 3.63) is 77.0 Å². The third-order valence-corrected chi connectivity index (χ3v) is 10.2. The van der Waals surface area contributed by atoms with Gasteiger partial charge in [-0.1, -0.05) is 55.8 Å². The van der Waals surface area contributed by atoms with E-state index >= 15 is 0 Å². The summed E-state index contributed by atoms with van der Waals surface area (Å²) in [4.78, 5) is 33.6. The van der Waals surface area contributed by atoms with Gasteiger partial charge in [-0.15, -0.1) is 0 Å². The topological polar surface area (TPSA) is 149 Å². The summed E-state index contributed by atoms with van der Waals surface area (Å²) in [5, 5.41) is 17.4. The Bertz CT molecular complexity index is 2050. The Kier molecular flexibility index (Phi) is 10.5. The van der Waals surface area contributed by atoms with Crippen LogP contribution >= 0.6 is 11.6 Å². The molecule has 4 atom stereocenters. The van der Waals surface area contributed by atoms with E-state index < -0.39 is 78.6 Å². The number of amides is 2. The first-order valence-corrected chi connectivity index (χ1v) is 17.3. The zero-order valence-electron chi connectivity index (χ0n) is 29.3. The van der Waals surface area contributed by atoms with Crippen LogP contribution in [0.4, 0.5) is 35.1 Å². The second-order valence-corrected chi connectivity index (χ2v) is 14.6. The molecule has 4 aromatic rings. The molecule has 3 heterocycles. The predicted octanol–water partition coefficient (Wildman–Crippen LogP) is 6.36. The van der Waals surface area contributed by atoms with Gasteiger partial charge in [0.15, 0.2) is 5.82 Å². The normalized spacial score (nSPS) is 20.7. The molecule has 2 aromatic carbocycles. The van der Waals surface area contributed by atoms with Crippen molar-refractivity contribution in [1.82, 2.24) is 45.3 Å². The number of carbonyl (C=O) groups is 2. The van der Waals surface area contributed by atoms with Crippen LogP contribution < -0.4 is 16.4 Å². The average Bonchev–Trinajstić information content (AvgIpc) is 3.52. The molecule has 1 aliphatic carbocycles. The van der Waals surface area contributed by atoms with E-state index in [0.717, 1.165) is 37.9 Å². The van der Waals surface area contributed by atoms with Gasteiger partial charge in [0.1, 0.15) is 29.8 Å². The number of aromatic nitrogens is 6. The number of halogens is 9. The molecule has 1 saturated carbocycles. The van der Waals surface area contributed by atoms with Crippen LogP contribution in [0.5, 0.6) is 0 Å². The Hall–Kier alpha value is -4.69. The van der Waals surface area contributed by atoms with Gasteiger partial charge in [0.25, 0.3) is 6.43 Å². The van der Waals surface area contributed by atoms with Gasteiger partial charge in [-0.05, 0) is 49.4 Å². The van der Waals surface area contributed by atoms with E-state index in [4.69, 9.17) is 17.3 Å². The molecule has 0 bridgehead atoms. The second-order valence-electron chi connectivity index (χ2n) is 14.2. The van der Waals surface area contributed by atoms with Crippen molar-refractivity contribution in [1.29, 1.82) is 0 Å². The molecule has 0 spiro atoms. The largest absolute Gasteiger partial charge is 0.400 e. The van der Waals surface area contributed by atoms with Crippen molar-refractivity contribution >= 4 is 23.4 Å². The average molecular weight is 803 g/mol. The zero-order valence-corrected chi connectivity index (χ0v) is 30.1. The molecule has 1 aliphatic heterocycles. The summed E-state index contributed by atoms with van der Waals surface area (Å²) in [6.45, 7) is 1.69. The minimum Gasteiger partial charge on any atom is -0.353 e. The molecule has 0 radical (unpaired) electrons. The lowest BCUT2D eigenvalue weighted by atomic mass is 9.74. The highest BCUT2D eigenvalue weighted by Gasteiger charge is 2.60. The molecule has 2 aromatic heterocycles. The molecule has 6 rings (SSSR count). The number of alkyl halides is 8. The monoisotopic (exact) mass is 802 g/mol. The van der Waals surface area contributed by atoms with Crippen molar-refractivity contribution in [2.45, 2.75) is 82.7 Å². The number of nitrogens with two attached hydrogens (primary N) is 1. The van der Waals surface area contributed by atoms with E-state index in [9.17, 15) is 44.7 Å². The van der Waals surface area contributed by atoms with E-state index in [1.165, 1.54) is 36.5 Å². The molecule has 2 amide bonds. The number of hydrogen-bond acceptors (Lipinski definition) is 8. The van der Waals surface area contributed by atoms with E-state index in [2.05, 4.69) is 30.9 Å². The summed E-state index contributed by atoms with van der Waals surface area (Å²) in [5.41, 5.74) is 2.73. The highest BCUT2D eigenvalue weighted by molar-refractivity contribution is 6.32. The number of carbonyl (C=O) groups excluding carboxylic acids is 2. The Labute approximate surface area is 313 Å². The highest BCUT2D eigenvalue weighted by atomic mass is 35.5. The maximum Gasteiger partial charge on any atom is 0.400 e. The van der Waals surface area contributed by atoms with E-state index in [0.29, 0.717) is 22.9 Å². The Morgan fingerprint density at radius 3 is 2.35 bits per heavy atom. The predicted molar refractivity (Wildman–Crippen MR) is 180 cm³/mol. The fraction of sp³-hybridized carbons (Fsp3) is 0.471. The van der Waals surface area contributed by atoms with Crippen LogP contribution in [0.25, 0.3) is 16.9 Å². The summed E-state index contributed by atoms with van der Waals surface area (Å²) >= 11 is 6.36. The lowest BCUT2D eigenvalue weighted by Crippen LogP contribution is -2.51. The van der Waals surface area contributed by atoms with E-state index in [1.54, 1.807) is 16.9 Å². The Balaban J connectivity index is 1.44. The smallest absolute Gasteiger partial charge is 0.353 e. The lowest BCUT2D eigenvalue weighted by Gasteiger charge is -2.38. The van der Waals surface area contributed by atoms with Gasteiger partial charge in [-0.3, -0.25) is 20.6 Å². The maximum absolute atomic E-state index is 14.9. The first-order chi connectivity index (χ1) is 25.6. The number of rotatable bonds is 12. The van der Waals surface area contributed by atoms with Gasteiger partial charge < -0.3 is 10.2 Å². The van der Waals surface area contributed by atoms with Crippen LogP contribution in [0.3, 0.4) is 0 Å². The van der Waals surface area contributed by atoms with Crippen molar-refractivity contribution in [2.24, 2.45) is 17.1 Å². The van der Waals surface area contributed by atoms with Crippen molar-refractivity contribution in [2.75, 3.05) is 6.54 Å². The molecular formula is C34H35ClF8N10O2. The van der Waals surface area contributed by atoms with Crippen LogP contribution in [0, 0.1) is 11.3 Å². The number of nitrogens with zero attached hydrogens (tertiary/aromatic N) is 7. The van der Waals surface area contributed by atoms with Crippen molar-refractivity contribution < 1.29 is 44.7 Å². The first-order valence-electron chi connectivity index (χ1n) is 16.9. The minimum atomic E-state index is -4.94. The summed E-state index contributed by atoms with van der Waals surface area (Å²) < 4.78 is 112. The highest BCUT2D eigenvalue weighted by Crippen LogP contribution is 2.49. The lowest BCUT2D eigenvalue weighted by molar-refractivity contribution is -0.218. The molecule has 12 nitrogen and oxygen atoms in total. The minimum absolute atomic E-state index is 0.000608. The van der Waals surface area contributed by atoms with Gasteiger partial charge in [0, 0.05) is 12.1 Å². The molecule has 2 aliphatic rings. The van der Waals surface area contributed by atoms with Crippen LogP contribution in [0.1, 0.15) is 75.5 Å². The Morgan fingerprint density at radius 1 is 1.07 bits per heavy atom. The Morgan fingerprint density at radius 2 is 1.75 bits per heavy atom. The van der Waals surface area contributed by atoms with Gasteiger partial charge in [0.2, 0.25) is 11.8 Å². The van der Waals surface area contributed by atoms with Gasteiger partial charge in [-0.2, -0.15) is 46.4 Å². The van der Waals surface area contributed by atoms with Crippen LogP contribution in [-0.4, -0.2) is 71.7 Å². The van der Waals surface area contributed by atoms with Crippen LogP contribution in [-0.2, 0) is 15.1 Å². The third kappa shape index (κ3) is 7.75. The summed E-state index contributed by atoms with van der Waals surface area (Å²) in [6, 6.07) is 8.41. The molecule has 1 saturated heterocycles. The fourth-order valence-electron chi connectivity index (χ4n) is 6.44. The third-order valence-electron chi connectivity index (χ3n) is 9.87. The van der Waals surface area contributed by atoms with Crippen LogP contribution in [0.15, 0.2) is 55.0 Å². The molecule has 4 N–H and O–H groups in total. The zero-order chi connectivity index (χ0) is 40.2. The van der Waals surface area contributed by atoms with Crippen LogP contribution in [0.2, 0.25) is 5.02 Å². The number of hydrogen-bond donors (Lipinski definition) is 3. The number of nitrogens with one attached hydrogen (secondary N) is 2. The molecular weight excluding hydrogens is 768 g/mol. The van der Waals surface area contributed by atoms with E-state index in [-0.39, 0.29) is 27.9 Å². The summed E-state index contributed by atoms with van der Waals surface area (Å²) in [5.74, 6) is -5.80. The molecule has 296 valence electrons. The molecule has 55 heavy (non-hydrogen) atoms. The SMILES string of the molecule is C[C@H](C(=O)NC[C@H](c1ccc(Cl)c(-n2ncnc2C(F)F)c1)N1C(=O)[C@@](CC(C)(C)C(F)(F)F)(c2ccc(-c3cnn(C4CC4)n3)cc2)NC1N)C(F)(F)F. The maximum atomic E-state index is 14.9. The molecule has 21 heteroatoms. The summed E-state index contributed by atoms with van der Waals surface area (Å²) in [6.07, 6.45) is -11.2. The summed E-state index contributed by atoms with van der Waals surface area (Å²) in [7, 11) is 0. The quantitative estimate of drug-likeness (QED) is 0.140. The van der Waals surface area contributed by atoms with Gasteiger partial charge in [-0.25, -0.2) is 18.4 Å². The van der Waals surface area contributed by atoms with Gasteiger partial charge >= 0.3 is 12.4 Å². The fourth-order valence-corrected chi connectivity index (χ4v) is 6.64. The second kappa shape index (κ2) is 14.4.